The van der Waals surface area contributed by atoms with Gasteiger partial charge in [0.05, 0.1) is 12.4 Å². The first kappa shape index (κ1) is 21.9. The molecule has 0 spiro atoms. The van der Waals surface area contributed by atoms with Crippen molar-refractivity contribution in [3.8, 4) is 5.75 Å². The van der Waals surface area contributed by atoms with Crippen LogP contribution in [0.15, 0.2) is 54.6 Å². The van der Waals surface area contributed by atoms with E-state index in [2.05, 4.69) is 0 Å². The molecular formula is C20H24O7S. The molecule has 2 unspecified atom stereocenters. The molecule has 0 amide bonds. The Bertz CT molecular complexity index is 878. The zero-order chi connectivity index (χ0) is 20.7. The van der Waals surface area contributed by atoms with E-state index in [9.17, 15) is 18.3 Å². The summed E-state index contributed by atoms with van der Waals surface area (Å²) in [5.41, 5.74) is 1.28. The van der Waals surface area contributed by atoms with Crippen molar-refractivity contribution in [2.45, 2.75) is 38.8 Å². The average Bonchev–Trinajstić information content (AvgIpc) is 2.63. The van der Waals surface area contributed by atoms with Gasteiger partial charge in [-0.05, 0) is 37.1 Å². The van der Waals surface area contributed by atoms with E-state index in [0.717, 1.165) is 11.8 Å². The molecule has 8 heteroatoms. The topological polar surface area (TPSA) is 99.1 Å². The van der Waals surface area contributed by atoms with Crippen LogP contribution in [0.2, 0.25) is 0 Å². The third-order valence-corrected chi connectivity index (χ3v) is 4.21. The third-order valence-electron chi connectivity index (χ3n) is 3.65. The van der Waals surface area contributed by atoms with Crippen LogP contribution in [0.3, 0.4) is 0 Å². The van der Waals surface area contributed by atoms with Crippen LogP contribution in [0.4, 0.5) is 0 Å². The number of carboxylic acid groups (broad SMARTS) is 1. The predicted molar refractivity (Wildman–Crippen MR) is 104 cm³/mol. The largest absolute Gasteiger partial charge is 0.489 e. The van der Waals surface area contributed by atoms with E-state index in [4.69, 9.17) is 13.7 Å². The highest BCUT2D eigenvalue weighted by Crippen LogP contribution is 2.29. The molecular weight excluding hydrogens is 384 g/mol. The molecule has 0 aliphatic carbocycles. The van der Waals surface area contributed by atoms with E-state index in [1.54, 1.807) is 38.1 Å². The molecule has 0 saturated heterocycles. The van der Waals surface area contributed by atoms with Gasteiger partial charge in [-0.25, -0.2) is 4.79 Å². The number of benzene rings is 2. The number of aliphatic carboxylic acids is 1. The summed E-state index contributed by atoms with van der Waals surface area (Å²) in [6.45, 7) is 3.63. The Balaban J connectivity index is 2.30. The third kappa shape index (κ3) is 6.95. The second-order valence-corrected chi connectivity index (χ2v) is 8.11. The minimum atomic E-state index is -3.94. The molecule has 0 heterocycles. The van der Waals surface area contributed by atoms with Gasteiger partial charge >= 0.3 is 5.97 Å². The monoisotopic (exact) mass is 408 g/mol. The summed E-state index contributed by atoms with van der Waals surface area (Å²) in [6.07, 6.45) is -2.43. The van der Waals surface area contributed by atoms with Gasteiger partial charge in [-0.3, -0.25) is 4.18 Å². The number of rotatable bonds is 10. The van der Waals surface area contributed by atoms with Crippen molar-refractivity contribution in [3.63, 3.8) is 0 Å². The molecule has 0 saturated carbocycles. The van der Waals surface area contributed by atoms with E-state index < -0.39 is 34.4 Å². The molecule has 1 N–H and O–H groups in total. The lowest BCUT2D eigenvalue weighted by Gasteiger charge is -2.25. The summed E-state index contributed by atoms with van der Waals surface area (Å²) in [5, 5.41) is 9.54. The second kappa shape index (κ2) is 9.68. The molecule has 0 radical (unpaired) electrons. The first-order valence-corrected chi connectivity index (χ1v) is 10.5. The fraction of sp³-hybridized carbons (Fsp3) is 0.350. The lowest BCUT2D eigenvalue weighted by molar-refractivity contribution is -0.161. The number of ether oxygens (including phenoxy) is 2. The summed E-state index contributed by atoms with van der Waals surface area (Å²) >= 11 is 0. The second-order valence-electron chi connectivity index (χ2n) is 6.51. The molecule has 0 aromatic heterocycles. The maximum absolute atomic E-state index is 11.7. The van der Waals surface area contributed by atoms with Gasteiger partial charge < -0.3 is 14.6 Å². The minimum Gasteiger partial charge on any atom is -0.489 e. The van der Waals surface area contributed by atoms with Gasteiger partial charge in [0.25, 0.3) is 10.1 Å². The highest BCUT2D eigenvalue weighted by molar-refractivity contribution is 7.86. The molecule has 2 aromatic carbocycles. The van der Waals surface area contributed by atoms with Crippen molar-refractivity contribution < 1.29 is 32.0 Å². The van der Waals surface area contributed by atoms with Crippen molar-refractivity contribution in [3.05, 3.63) is 65.7 Å². The van der Waals surface area contributed by atoms with Gasteiger partial charge in [0, 0.05) is 0 Å². The van der Waals surface area contributed by atoms with Gasteiger partial charge in [0.1, 0.15) is 18.5 Å². The van der Waals surface area contributed by atoms with Gasteiger partial charge in [0.15, 0.2) is 6.10 Å². The van der Waals surface area contributed by atoms with Gasteiger partial charge in [-0.2, -0.15) is 8.42 Å². The van der Waals surface area contributed by atoms with E-state index >= 15 is 0 Å². The summed E-state index contributed by atoms with van der Waals surface area (Å²) in [4.78, 5) is 11.7. The smallest absolute Gasteiger partial charge is 0.336 e. The Labute approximate surface area is 165 Å². The zero-order valence-electron chi connectivity index (χ0n) is 15.9. The summed E-state index contributed by atoms with van der Waals surface area (Å²) in [6, 6.07) is 16.0. The SMILES string of the molecule is CC(C)OC(C(=O)O)C(OS(C)(=O)=O)c1cccc(OCc2ccccc2)c1. The van der Waals surface area contributed by atoms with Crippen molar-refractivity contribution in [1.82, 2.24) is 0 Å². The summed E-state index contributed by atoms with van der Waals surface area (Å²) in [5.74, 6) is -0.866. The highest BCUT2D eigenvalue weighted by atomic mass is 32.2. The number of hydrogen-bond acceptors (Lipinski definition) is 6. The van der Waals surface area contributed by atoms with Crippen molar-refractivity contribution >= 4 is 16.1 Å². The Morgan fingerprint density at radius 3 is 2.32 bits per heavy atom. The normalized spacial score (nSPS) is 13.9. The Hall–Kier alpha value is -2.42. The molecule has 0 bridgehead atoms. The summed E-state index contributed by atoms with van der Waals surface area (Å²) in [7, 11) is -3.94. The Morgan fingerprint density at radius 2 is 1.75 bits per heavy atom. The van der Waals surface area contributed by atoms with E-state index in [0.29, 0.717) is 17.9 Å². The summed E-state index contributed by atoms with van der Waals surface area (Å²) < 4.78 is 39.7. The minimum absolute atomic E-state index is 0.312. The van der Waals surface area contributed by atoms with E-state index in [1.165, 1.54) is 0 Å². The number of hydrogen-bond donors (Lipinski definition) is 1. The molecule has 28 heavy (non-hydrogen) atoms. The first-order valence-electron chi connectivity index (χ1n) is 8.69. The highest BCUT2D eigenvalue weighted by Gasteiger charge is 2.35. The van der Waals surface area contributed by atoms with Crippen molar-refractivity contribution in [1.29, 1.82) is 0 Å². The van der Waals surface area contributed by atoms with Crippen LogP contribution in [0.25, 0.3) is 0 Å². The maximum Gasteiger partial charge on any atom is 0.336 e. The molecule has 152 valence electrons. The average molecular weight is 408 g/mol. The van der Waals surface area contributed by atoms with E-state index in [1.807, 2.05) is 30.3 Å². The Morgan fingerprint density at radius 1 is 1.07 bits per heavy atom. The van der Waals surface area contributed by atoms with Gasteiger partial charge in [-0.15, -0.1) is 0 Å². The molecule has 7 nitrogen and oxygen atoms in total. The molecule has 0 fully saturated rings. The van der Waals surface area contributed by atoms with Gasteiger partial charge in [0.2, 0.25) is 0 Å². The van der Waals surface area contributed by atoms with Gasteiger partial charge in [-0.1, -0.05) is 42.5 Å². The van der Waals surface area contributed by atoms with Crippen LogP contribution < -0.4 is 4.74 Å². The van der Waals surface area contributed by atoms with Crippen LogP contribution in [-0.4, -0.2) is 38.0 Å². The molecule has 2 atom stereocenters. The number of carboxylic acids is 1. The maximum atomic E-state index is 11.7. The number of carbonyl (C=O) groups is 1. The fourth-order valence-corrected chi connectivity index (χ4v) is 3.13. The standard InChI is InChI=1S/C20H24O7S/c1-14(2)26-19(20(21)22)18(27-28(3,23)24)16-10-7-11-17(12-16)25-13-15-8-5-4-6-9-15/h4-12,14,18-19H,13H2,1-3H3,(H,21,22). The van der Waals surface area contributed by atoms with Crippen molar-refractivity contribution in [2.24, 2.45) is 0 Å². The van der Waals surface area contributed by atoms with Crippen LogP contribution in [0.1, 0.15) is 31.1 Å². The predicted octanol–water partition coefficient (Wildman–Crippen LogP) is 3.16. The molecule has 2 aromatic rings. The molecule has 2 rings (SSSR count). The Kier molecular flexibility index (Phi) is 7.56. The van der Waals surface area contributed by atoms with E-state index in [-0.39, 0.29) is 0 Å². The molecule has 0 aliphatic rings. The molecule has 0 aliphatic heterocycles. The quantitative estimate of drug-likeness (QED) is 0.603. The first-order chi connectivity index (χ1) is 13.2. The van der Waals surface area contributed by atoms with Crippen molar-refractivity contribution in [2.75, 3.05) is 6.26 Å². The van der Waals surface area contributed by atoms with Crippen LogP contribution >= 0.6 is 0 Å². The zero-order valence-corrected chi connectivity index (χ0v) is 16.8. The van der Waals surface area contributed by atoms with Crippen LogP contribution in [0, 0.1) is 0 Å². The van der Waals surface area contributed by atoms with Crippen LogP contribution in [-0.2, 0) is 30.4 Å². The fourth-order valence-electron chi connectivity index (χ4n) is 2.54. The lowest BCUT2D eigenvalue weighted by Crippen LogP contribution is -2.35. The lowest BCUT2D eigenvalue weighted by atomic mass is 10.0. The van der Waals surface area contributed by atoms with Crippen LogP contribution in [0.5, 0.6) is 5.75 Å².